The number of fused-ring (bicyclic) bond motifs is 1. The molecule has 5 nitrogen and oxygen atoms in total. The van der Waals surface area contributed by atoms with Crippen LogP contribution in [-0.2, 0) is 19.5 Å². The first kappa shape index (κ1) is 12.1. The average molecular weight is 249 g/mol. The van der Waals surface area contributed by atoms with Crippen molar-refractivity contribution in [1.29, 1.82) is 0 Å². The van der Waals surface area contributed by atoms with E-state index in [1.807, 2.05) is 0 Å². The van der Waals surface area contributed by atoms with Crippen molar-refractivity contribution in [3.63, 3.8) is 0 Å². The van der Waals surface area contributed by atoms with Crippen LogP contribution in [0.3, 0.4) is 0 Å². The molecule has 5 heteroatoms. The first-order valence-electron chi connectivity index (χ1n) is 6.98. The molecule has 2 aliphatic heterocycles. The fraction of sp³-hybridized carbons (Fsp3) is 0.769. The Morgan fingerprint density at radius 2 is 2.00 bits per heavy atom. The summed E-state index contributed by atoms with van der Waals surface area (Å²) in [5, 5.41) is 3.44. The van der Waals surface area contributed by atoms with Gasteiger partial charge in [-0.15, -0.1) is 0 Å². The van der Waals surface area contributed by atoms with E-state index in [1.165, 1.54) is 37.7 Å². The first-order valence-corrected chi connectivity index (χ1v) is 6.98. The lowest BCUT2D eigenvalue weighted by Gasteiger charge is -2.32. The minimum absolute atomic E-state index is 1.06. The third-order valence-electron chi connectivity index (χ3n) is 4.04. The van der Waals surface area contributed by atoms with Crippen molar-refractivity contribution in [3.05, 3.63) is 17.7 Å². The predicted molar refractivity (Wildman–Crippen MR) is 71.6 cm³/mol. The van der Waals surface area contributed by atoms with E-state index in [0.717, 1.165) is 32.6 Å². The maximum atomic E-state index is 4.58. The first-order chi connectivity index (χ1) is 8.83. The van der Waals surface area contributed by atoms with Gasteiger partial charge >= 0.3 is 0 Å². The van der Waals surface area contributed by atoms with Crippen LogP contribution in [0.5, 0.6) is 0 Å². The smallest absolute Gasteiger partial charge is 0.110 e. The van der Waals surface area contributed by atoms with Crippen molar-refractivity contribution in [3.8, 4) is 0 Å². The molecule has 2 aliphatic rings. The van der Waals surface area contributed by atoms with Crippen molar-refractivity contribution in [2.75, 3.05) is 46.3 Å². The van der Waals surface area contributed by atoms with Crippen LogP contribution in [0.1, 0.15) is 11.5 Å². The number of imidazole rings is 1. The van der Waals surface area contributed by atoms with Gasteiger partial charge in [-0.25, -0.2) is 4.98 Å². The summed E-state index contributed by atoms with van der Waals surface area (Å²) in [6.45, 7) is 8.97. The summed E-state index contributed by atoms with van der Waals surface area (Å²) < 4.78 is 2.42. The maximum Gasteiger partial charge on any atom is 0.110 e. The Morgan fingerprint density at radius 1 is 1.17 bits per heavy atom. The fourth-order valence-corrected chi connectivity index (χ4v) is 2.80. The second-order valence-electron chi connectivity index (χ2n) is 5.40. The lowest BCUT2D eigenvalue weighted by molar-refractivity contribution is 0.145. The molecular weight excluding hydrogens is 226 g/mol. The van der Waals surface area contributed by atoms with E-state index in [0.29, 0.717) is 0 Å². The van der Waals surface area contributed by atoms with E-state index in [4.69, 9.17) is 0 Å². The average Bonchev–Trinajstić information content (AvgIpc) is 2.62. The van der Waals surface area contributed by atoms with Crippen LogP contribution in [-0.4, -0.2) is 65.7 Å². The van der Waals surface area contributed by atoms with Crippen molar-refractivity contribution in [2.45, 2.75) is 19.5 Å². The van der Waals surface area contributed by atoms with Gasteiger partial charge in [0, 0.05) is 65.0 Å². The highest BCUT2D eigenvalue weighted by Crippen LogP contribution is 2.12. The summed E-state index contributed by atoms with van der Waals surface area (Å²) in [7, 11) is 2.20. The van der Waals surface area contributed by atoms with Crippen LogP contribution in [0, 0.1) is 0 Å². The topological polar surface area (TPSA) is 36.3 Å². The number of likely N-dealkylation sites (N-methyl/N-ethyl adjacent to an activating group) is 1. The van der Waals surface area contributed by atoms with Gasteiger partial charge in [0.25, 0.3) is 0 Å². The number of aromatic nitrogens is 2. The van der Waals surface area contributed by atoms with E-state index in [-0.39, 0.29) is 0 Å². The Balaban J connectivity index is 1.67. The van der Waals surface area contributed by atoms with E-state index < -0.39 is 0 Å². The molecule has 1 N–H and O–H groups in total. The number of hydrogen-bond donors (Lipinski definition) is 1. The highest BCUT2D eigenvalue weighted by atomic mass is 15.3. The zero-order chi connectivity index (χ0) is 12.4. The zero-order valence-corrected chi connectivity index (χ0v) is 11.2. The fourth-order valence-electron chi connectivity index (χ4n) is 2.80. The summed E-state index contributed by atoms with van der Waals surface area (Å²) in [5.74, 6) is 1.25. The molecule has 0 saturated carbocycles. The lowest BCUT2D eigenvalue weighted by Crippen LogP contribution is -2.44. The highest BCUT2D eigenvalue weighted by molar-refractivity contribution is 5.07. The normalized spacial score (nSPS) is 22.7. The van der Waals surface area contributed by atoms with Crippen LogP contribution in [0.4, 0.5) is 0 Å². The van der Waals surface area contributed by atoms with Gasteiger partial charge in [0.15, 0.2) is 0 Å². The lowest BCUT2D eigenvalue weighted by atomic mass is 10.3. The molecular formula is C13H23N5. The van der Waals surface area contributed by atoms with E-state index in [9.17, 15) is 0 Å². The zero-order valence-electron chi connectivity index (χ0n) is 11.2. The van der Waals surface area contributed by atoms with Gasteiger partial charge in [-0.3, -0.25) is 4.90 Å². The third-order valence-corrected chi connectivity index (χ3v) is 4.04. The van der Waals surface area contributed by atoms with Gasteiger partial charge in [0.05, 0.1) is 5.69 Å². The maximum absolute atomic E-state index is 4.58. The quantitative estimate of drug-likeness (QED) is 0.786. The molecule has 18 heavy (non-hydrogen) atoms. The Hall–Kier alpha value is -0.910. The molecule has 1 aromatic rings. The van der Waals surface area contributed by atoms with E-state index in [1.54, 1.807) is 0 Å². The molecule has 0 spiro atoms. The van der Waals surface area contributed by atoms with Crippen molar-refractivity contribution >= 4 is 0 Å². The van der Waals surface area contributed by atoms with Crippen molar-refractivity contribution in [2.24, 2.45) is 0 Å². The highest BCUT2D eigenvalue weighted by Gasteiger charge is 2.18. The van der Waals surface area contributed by atoms with Gasteiger partial charge in [0.1, 0.15) is 5.82 Å². The molecule has 0 bridgehead atoms. The summed E-state index contributed by atoms with van der Waals surface area (Å²) in [6, 6.07) is 0. The summed E-state index contributed by atoms with van der Waals surface area (Å²) in [5.41, 5.74) is 1.39. The Labute approximate surface area is 109 Å². The minimum Gasteiger partial charge on any atom is -0.329 e. The number of piperazine rings is 1. The minimum atomic E-state index is 1.06. The van der Waals surface area contributed by atoms with Gasteiger partial charge in [-0.1, -0.05) is 0 Å². The van der Waals surface area contributed by atoms with E-state index in [2.05, 4.69) is 37.9 Å². The summed E-state index contributed by atoms with van der Waals surface area (Å²) in [4.78, 5) is 9.53. The second-order valence-corrected chi connectivity index (χ2v) is 5.40. The van der Waals surface area contributed by atoms with Gasteiger partial charge in [-0.05, 0) is 7.05 Å². The summed E-state index contributed by atoms with van der Waals surface area (Å²) >= 11 is 0. The largest absolute Gasteiger partial charge is 0.329 e. The SMILES string of the molecule is CN1CCN(Cc2cnc3n2CCNCC3)CC1. The standard InChI is InChI=1S/C13H23N5/c1-16-6-8-17(9-7-16)11-12-10-15-13-2-3-14-4-5-18(12)13/h10,14H,2-9,11H2,1H3. The molecule has 3 heterocycles. The van der Waals surface area contributed by atoms with Crippen LogP contribution < -0.4 is 5.32 Å². The molecule has 1 aromatic heterocycles. The Bertz CT molecular complexity index is 392. The van der Waals surface area contributed by atoms with Crippen molar-refractivity contribution in [1.82, 2.24) is 24.7 Å². The number of hydrogen-bond acceptors (Lipinski definition) is 4. The molecule has 0 radical (unpaired) electrons. The molecule has 0 aliphatic carbocycles. The third kappa shape index (κ3) is 2.58. The molecule has 0 amide bonds. The van der Waals surface area contributed by atoms with Gasteiger partial charge < -0.3 is 14.8 Å². The van der Waals surface area contributed by atoms with Gasteiger partial charge in [-0.2, -0.15) is 0 Å². The molecule has 3 rings (SSSR count). The van der Waals surface area contributed by atoms with Crippen LogP contribution in [0.25, 0.3) is 0 Å². The monoisotopic (exact) mass is 249 g/mol. The predicted octanol–water partition coefficient (Wildman–Crippen LogP) is -0.224. The molecule has 1 saturated heterocycles. The second kappa shape index (κ2) is 5.38. The molecule has 0 atom stereocenters. The molecule has 1 fully saturated rings. The van der Waals surface area contributed by atoms with Gasteiger partial charge in [0.2, 0.25) is 0 Å². The van der Waals surface area contributed by atoms with Crippen LogP contribution in [0.15, 0.2) is 6.20 Å². The van der Waals surface area contributed by atoms with Crippen LogP contribution in [0.2, 0.25) is 0 Å². The summed E-state index contributed by atoms with van der Waals surface area (Å²) in [6.07, 6.45) is 3.14. The van der Waals surface area contributed by atoms with Crippen molar-refractivity contribution < 1.29 is 0 Å². The molecule has 100 valence electrons. The van der Waals surface area contributed by atoms with Crippen LogP contribution >= 0.6 is 0 Å². The number of rotatable bonds is 2. The Kier molecular flexibility index (Phi) is 3.63. The molecule has 0 aromatic carbocycles. The molecule has 0 unspecified atom stereocenters. The van der Waals surface area contributed by atoms with E-state index >= 15 is 0 Å². The number of nitrogens with zero attached hydrogens (tertiary/aromatic N) is 4. The Morgan fingerprint density at radius 3 is 2.83 bits per heavy atom. The number of nitrogens with one attached hydrogen (secondary N) is 1.